The number of sulfonamides is 1. The molecule has 1 rings (SSSR count). The second-order valence-electron chi connectivity index (χ2n) is 4.20. The Balaban J connectivity index is 2.52. The van der Waals surface area contributed by atoms with Gasteiger partial charge in [0.2, 0.25) is 10.0 Å². The van der Waals surface area contributed by atoms with E-state index >= 15 is 0 Å². The molecule has 0 unspecified atom stereocenters. The predicted molar refractivity (Wildman–Crippen MR) is 74.4 cm³/mol. The zero-order chi connectivity index (χ0) is 14.1. The highest BCUT2D eigenvalue weighted by Crippen LogP contribution is 2.04. The Morgan fingerprint density at radius 3 is 2.58 bits per heavy atom. The average molecular weight is 287 g/mol. The van der Waals surface area contributed by atoms with Gasteiger partial charge in [0.25, 0.3) is 0 Å². The Bertz CT molecular complexity index is 447. The molecule has 0 radical (unpaired) electrons. The van der Waals surface area contributed by atoms with Gasteiger partial charge in [0.1, 0.15) is 0 Å². The van der Waals surface area contributed by atoms with Crippen LogP contribution in [0.15, 0.2) is 30.3 Å². The lowest BCUT2D eigenvalue weighted by Crippen LogP contribution is -2.41. The Kier molecular flexibility index (Phi) is 7.01. The van der Waals surface area contributed by atoms with Crippen LogP contribution in [0.2, 0.25) is 0 Å². The molecule has 0 saturated carbocycles. The van der Waals surface area contributed by atoms with E-state index in [-0.39, 0.29) is 19.0 Å². The number of ether oxygens (including phenoxy) is 1. The molecule has 0 fully saturated rings. The van der Waals surface area contributed by atoms with Crippen molar-refractivity contribution in [2.75, 3.05) is 25.6 Å². The van der Waals surface area contributed by atoms with Gasteiger partial charge < -0.3 is 9.84 Å². The van der Waals surface area contributed by atoms with Crippen molar-refractivity contribution in [1.82, 2.24) is 4.72 Å². The van der Waals surface area contributed by atoms with E-state index in [1.165, 1.54) is 0 Å². The molecule has 19 heavy (non-hydrogen) atoms. The lowest BCUT2D eigenvalue weighted by Gasteiger charge is -2.16. The molecule has 6 heteroatoms. The minimum absolute atomic E-state index is 0.0911. The van der Waals surface area contributed by atoms with Crippen LogP contribution >= 0.6 is 0 Å². The topological polar surface area (TPSA) is 75.6 Å². The number of aliphatic hydroxyl groups excluding tert-OH is 1. The molecule has 1 aromatic carbocycles. The van der Waals surface area contributed by atoms with Crippen molar-refractivity contribution in [3.63, 3.8) is 0 Å². The van der Waals surface area contributed by atoms with Crippen molar-refractivity contribution in [2.45, 2.75) is 19.4 Å². The Labute approximate surface area is 114 Å². The van der Waals surface area contributed by atoms with Crippen molar-refractivity contribution in [3.05, 3.63) is 35.9 Å². The third kappa shape index (κ3) is 6.68. The van der Waals surface area contributed by atoms with Gasteiger partial charge in [0.05, 0.1) is 19.0 Å². The van der Waals surface area contributed by atoms with Gasteiger partial charge in [-0.2, -0.15) is 0 Å². The number of nitrogens with one attached hydrogen (secondary N) is 1. The van der Waals surface area contributed by atoms with E-state index in [9.17, 15) is 13.5 Å². The molecule has 1 atom stereocenters. The summed E-state index contributed by atoms with van der Waals surface area (Å²) in [5.74, 6) is -0.0911. The monoisotopic (exact) mass is 287 g/mol. The molecular weight excluding hydrogens is 266 g/mol. The first-order chi connectivity index (χ1) is 9.07. The van der Waals surface area contributed by atoms with Gasteiger partial charge >= 0.3 is 0 Å². The van der Waals surface area contributed by atoms with Gasteiger partial charge in [-0.3, -0.25) is 0 Å². The van der Waals surface area contributed by atoms with Gasteiger partial charge in [-0.05, 0) is 18.9 Å². The summed E-state index contributed by atoms with van der Waals surface area (Å²) in [6, 6.07) is 8.95. The van der Waals surface area contributed by atoms with Crippen molar-refractivity contribution >= 4 is 10.0 Å². The van der Waals surface area contributed by atoms with Crippen LogP contribution in [0.5, 0.6) is 0 Å². The van der Waals surface area contributed by atoms with Crippen molar-refractivity contribution in [1.29, 1.82) is 0 Å². The molecule has 0 aliphatic carbocycles. The summed E-state index contributed by atoms with van der Waals surface area (Å²) < 4.78 is 31.0. The second-order valence-corrected chi connectivity index (χ2v) is 6.08. The van der Waals surface area contributed by atoms with E-state index in [1.54, 1.807) is 0 Å². The lowest BCUT2D eigenvalue weighted by atomic mass is 10.1. The maximum Gasteiger partial charge on any atom is 0.214 e. The summed E-state index contributed by atoms with van der Waals surface area (Å²) in [6.45, 7) is 2.23. The molecule has 0 amide bonds. The van der Waals surface area contributed by atoms with E-state index in [4.69, 9.17) is 4.74 Å². The Morgan fingerprint density at radius 2 is 2.00 bits per heavy atom. The number of rotatable bonds is 9. The number of benzene rings is 1. The largest absolute Gasteiger partial charge is 0.395 e. The van der Waals surface area contributed by atoms with E-state index in [0.29, 0.717) is 13.0 Å². The number of aliphatic hydroxyl groups is 1. The molecule has 2 N–H and O–H groups in total. The molecule has 108 valence electrons. The predicted octanol–water partition coefficient (Wildman–Crippen LogP) is 0.546. The quantitative estimate of drug-likeness (QED) is 0.650. The molecule has 5 nitrogen and oxygen atoms in total. The van der Waals surface area contributed by atoms with Crippen LogP contribution in [0, 0.1) is 0 Å². The standard InChI is InChI=1S/C13H21NO4S/c1-2-18-8-9-19(16,17)14-13(11-15)10-12-6-4-3-5-7-12/h3-7,13-15H,2,8-11H2,1H3/t13-/m0/s1. The molecule has 0 aliphatic rings. The summed E-state index contributed by atoms with van der Waals surface area (Å²) in [5, 5.41) is 9.26. The second kappa shape index (κ2) is 8.27. The minimum Gasteiger partial charge on any atom is -0.395 e. The molecule has 0 saturated heterocycles. The summed E-state index contributed by atoms with van der Waals surface area (Å²) in [6.07, 6.45) is 0.463. The first kappa shape index (κ1) is 16.1. The summed E-state index contributed by atoms with van der Waals surface area (Å²) in [7, 11) is -3.42. The Morgan fingerprint density at radius 1 is 1.32 bits per heavy atom. The van der Waals surface area contributed by atoms with Crippen LogP contribution in [-0.2, 0) is 21.2 Å². The van der Waals surface area contributed by atoms with Crippen LogP contribution < -0.4 is 4.72 Å². The van der Waals surface area contributed by atoms with Crippen molar-refractivity contribution < 1.29 is 18.3 Å². The molecule has 0 heterocycles. The average Bonchev–Trinajstić information content (AvgIpc) is 2.39. The number of hydrogen-bond acceptors (Lipinski definition) is 4. The maximum atomic E-state index is 11.8. The fourth-order valence-corrected chi connectivity index (χ4v) is 2.79. The first-order valence-corrected chi connectivity index (χ1v) is 7.95. The highest BCUT2D eigenvalue weighted by molar-refractivity contribution is 7.89. The first-order valence-electron chi connectivity index (χ1n) is 6.30. The molecule has 0 aromatic heterocycles. The summed E-state index contributed by atoms with van der Waals surface area (Å²) in [4.78, 5) is 0. The third-order valence-electron chi connectivity index (χ3n) is 2.59. The molecule has 1 aromatic rings. The van der Waals surface area contributed by atoms with Crippen LogP contribution in [0.1, 0.15) is 12.5 Å². The van der Waals surface area contributed by atoms with Gasteiger partial charge in [-0.25, -0.2) is 13.1 Å². The van der Waals surface area contributed by atoms with Gasteiger partial charge in [-0.1, -0.05) is 30.3 Å². The fourth-order valence-electron chi connectivity index (χ4n) is 1.67. The SMILES string of the molecule is CCOCCS(=O)(=O)N[C@H](CO)Cc1ccccc1. The zero-order valence-electron chi connectivity index (χ0n) is 11.1. The zero-order valence-corrected chi connectivity index (χ0v) is 11.9. The van der Waals surface area contributed by atoms with Gasteiger partial charge in [0.15, 0.2) is 0 Å². The molecule has 0 bridgehead atoms. The van der Waals surface area contributed by atoms with Crippen LogP contribution in [0.3, 0.4) is 0 Å². The van der Waals surface area contributed by atoms with Crippen molar-refractivity contribution in [2.24, 2.45) is 0 Å². The van der Waals surface area contributed by atoms with Crippen LogP contribution in [0.4, 0.5) is 0 Å². The lowest BCUT2D eigenvalue weighted by molar-refractivity contribution is 0.163. The van der Waals surface area contributed by atoms with E-state index in [1.807, 2.05) is 37.3 Å². The van der Waals surface area contributed by atoms with E-state index in [0.717, 1.165) is 5.56 Å². The van der Waals surface area contributed by atoms with Crippen LogP contribution in [0.25, 0.3) is 0 Å². The van der Waals surface area contributed by atoms with Gasteiger partial charge in [0, 0.05) is 12.6 Å². The minimum atomic E-state index is -3.42. The smallest absolute Gasteiger partial charge is 0.214 e. The molecule has 0 aliphatic heterocycles. The third-order valence-corrected chi connectivity index (χ3v) is 3.99. The highest BCUT2D eigenvalue weighted by Gasteiger charge is 2.17. The fraction of sp³-hybridized carbons (Fsp3) is 0.538. The molecular formula is C13H21NO4S. The van der Waals surface area contributed by atoms with Crippen molar-refractivity contribution in [3.8, 4) is 0 Å². The highest BCUT2D eigenvalue weighted by atomic mass is 32.2. The van der Waals surface area contributed by atoms with Gasteiger partial charge in [-0.15, -0.1) is 0 Å². The number of hydrogen-bond donors (Lipinski definition) is 2. The Hall–Kier alpha value is -0.950. The maximum absolute atomic E-state index is 11.8. The molecule has 0 spiro atoms. The summed E-state index contributed by atoms with van der Waals surface area (Å²) in [5.41, 5.74) is 0.981. The van der Waals surface area contributed by atoms with E-state index in [2.05, 4.69) is 4.72 Å². The normalized spacial score (nSPS) is 13.4. The van der Waals surface area contributed by atoms with Crippen LogP contribution in [-0.4, -0.2) is 45.1 Å². The van der Waals surface area contributed by atoms with E-state index < -0.39 is 16.1 Å². The summed E-state index contributed by atoms with van der Waals surface area (Å²) >= 11 is 0.